The molecule has 112 heavy (non-hydrogen) atoms. The van der Waals surface area contributed by atoms with E-state index in [-0.39, 0.29) is 220 Å². The molecular weight excluding hydrogens is 1750 g/mol. The van der Waals surface area contributed by atoms with Crippen LogP contribution in [0.1, 0.15) is 118 Å². The standard InChI is InChI=1S/C27H26FN3O6S.C26H24FN3O4.C20H20FN3O6S.CH3ClO2S.CH4.CH3.HI.Pd.H2/c1-38(35,36)31-14-13-30-23(31)16-29-15-21(22(32)12-9-18-7-10-20(28)11-8-18)25(33)26(24(29)27(30)34)37-17-19-5-3-2-4-6-19;27-19-9-6-17(7-10-19)8-11-21(31)20-14-29-15-22-28-12-13-30(22)26(33)23(29)25(24(20)32)34-16-18-4-2-1-3-5-18;1-31(29,30)24-9-8-23-16(24)11-22-10-14(18(26)19(27)17(22)20(23)28)15(25)7-4-12-2-5-13(21)6-3-12;1-5(2,3)4;;;;;/h2-8,10-11,15,23H,9,12-14,16-17H2,1H3;1-7,9-10,14,22,28H,8,11-13,15-16H2;2-3,5-6,10,16,27H,4,7-9,11H2,1H3;1H3;1H4;1H3;1H;;1H/q;;;;;-1;;;/p-1. The van der Waals surface area contributed by atoms with Crippen LogP contribution in [0.25, 0.3) is 0 Å². The van der Waals surface area contributed by atoms with E-state index >= 15 is 0 Å². The molecule has 0 aliphatic carbocycles. The Kier molecular flexibility index (Phi) is 30.8. The first-order chi connectivity index (χ1) is 51.2. The van der Waals surface area contributed by atoms with Crippen molar-refractivity contribution in [2.75, 3.05) is 58.0 Å². The fraction of sp³-hybridized carbons (Fsp3) is 0.316. The first kappa shape index (κ1) is 90.2. The van der Waals surface area contributed by atoms with E-state index in [2.05, 4.69) is 16.0 Å². The number of rotatable bonds is 20. The van der Waals surface area contributed by atoms with Gasteiger partial charge in [0.25, 0.3) is 17.7 Å². The smallest absolute Gasteiger partial charge is 0.275 e. The summed E-state index contributed by atoms with van der Waals surface area (Å²) in [5.74, 6) is -5.11. The van der Waals surface area contributed by atoms with Crippen LogP contribution < -0.4 is 55.1 Å². The van der Waals surface area contributed by atoms with Gasteiger partial charge in [0.2, 0.25) is 45.4 Å². The summed E-state index contributed by atoms with van der Waals surface area (Å²) in [7, 11) is -5.86. The number of Topliss-reactive ketones (excluding diaryl/α,β-unsaturated/α-hetero) is 3. The van der Waals surface area contributed by atoms with Crippen LogP contribution in [0, 0.1) is 24.9 Å². The molecule has 0 spiro atoms. The number of amides is 3. The number of aromatic hydroxyl groups is 1. The minimum Gasteiger partial charge on any atom is -1.00 e. The van der Waals surface area contributed by atoms with Crippen molar-refractivity contribution in [1.82, 2.24) is 42.3 Å². The van der Waals surface area contributed by atoms with E-state index in [0.717, 1.165) is 41.0 Å². The Balaban J connectivity index is 0.000000252. The first-order valence-electron chi connectivity index (χ1n) is 33.9. The normalized spacial score (nSPS) is 16.7. The maximum absolute atomic E-state index is 13.5. The van der Waals surface area contributed by atoms with Gasteiger partial charge >= 0.3 is 0 Å². The van der Waals surface area contributed by atoms with Crippen molar-refractivity contribution in [2.45, 2.75) is 97.3 Å². The Hall–Kier alpha value is -9.03. The molecule has 3 saturated heterocycles. The predicted molar refractivity (Wildman–Crippen MR) is 404 cm³/mol. The maximum Gasteiger partial charge on any atom is 0.275 e. The third-order valence-electron chi connectivity index (χ3n) is 18.7. The van der Waals surface area contributed by atoms with Crippen LogP contribution in [0.5, 0.6) is 17.2 Å². The Morgan fingerprint density at radius 1 is 0.482 bits per heavy atom. The van der Waals surface area contributed by atoms with Crippen molar-refractivity contribution in [3.05, 3.63) is 269 Å². The van der Waals surface area contributed by atoms with Crippen molar-refractivity contribution < 1.29 is 128 Å². The molecule has 14 rings (SSSR count). The molecule has 3 aromatic heterocycles. The van der Waals surface area contributed by atoms with Gasteiger partial charge < -0.3 is 74.4 Å². The maximum atomic E-state index is 13.5. The molecule has 3 atom stereocenters. The van der Waals surface area contributed by atoms with Gasteiger partial charge in [0.1, 0.15) is 49.2 Å². The fourth-order valence-electron chi connectivity index (χ4n) is 13.4. The molecule has 36 heteroatoms. The van der Waals surface area contributed by atoms with Gasteiger partial charge in [0.15, 0.2) is 51.7 Å². The van der Waals surface area contributed by atoms with E-state index in [9.17, 15) is 86.7 Å². The van der Waals surface area contributed by atoms with Crippen LogP contribution >= 0.6 is 10.7 Å². The van der Waals surface area contributed by atoms with Crippen LogP contribution in [0.4, 0.5) is 13.2 Å². The minimum atomic E-state index is -3.59. The molecule has 3 amide bonds. The Morgan fingerprint density at radius 2 is 0.804 bits per heavy atom. The molecule has 5 aromatic carbocycles. The number of fused-ring (bicyclic) bond motifs is 6. The number of nitrogens with one attached hydrogen (secondary N) is 1. The molecule has 9 heterocycles. The van der Waals surface area contributed by atoms with Gasteiger partial charge in [-0.15, -0.1) is 0 Å². The molecule has 604 valence electrons. The van der Waals surface area contributed by atoms with Crippen molar-refractivity contribution in [1.29, 1.82) is 0 Å². The summed E-state index contributed by atoms with van der Waals surface area (Å²) in [4.78, 5) is 122. The average molecular weight is 1830 g/mol. The van der Waals surface area contributed by atoms with Crippen LogP contribution in [-0.4, -0.2) is 179 Å². The molecule has 6 aliphatic heterocycles. The summed E-state index contributed by atoms with van der Waals surface area (Å²) in [5, 5.41) is 13.7. The second-order valence-corrected chi connectivity index (χ2v) is 33.1. The first-order valence-corrected chi connectivity index (χ1v) is 40.3. The molecule has 3 fully saturated rings. The Bertz CT molecular complexity index is 5390. The van der Waals surface area contributed by atoms with Crippen molar-refractivity contribution in [2.24, 2.45) is 0 Å². The number of pyridine rings is 3. The number of carbonyl (C=O) groups is 6. The number of halogens is 5. The van der Waals surface area contributed by atoms with Crippen LogP contribution in [0.2, 0.25) is 0 Å². The molecule has 27 nitrogen and oxygen atoms in total. The van der Waals surface area contributed by atoms with Crippen LogP contribution in [0.15, 0.2) is 166 Å². The topological polar surface area (TPSA) is 338 Å². The zero-order valence-electron chi connectivity index (χ0n) is 60.1. The van der Waals surface area contributed by atoms with Gasteiger partial charge in [0, 0.05) is 110 Å². The summed E-state index contributed by atoms with van der Waals surface area (Å²) >= 11 is 0. The molecule has 0 saturated carbocycles. The number of hydrogen-bond acceptors (Lipinski definition) is 19. The Labute approximate surface area is 681 Å². The van der Waals surface area contributed by atoms with E-state index in [1.165, 1.54) is 94.7 Å². The quantitative estimate of drug-likeness (QED) is 0.0353. The second kappa shape index (κ2) is 38.2. The van der Waals surface area contributed by atoms with Gasteiger partial charge in [-0.25, -0.2) is 38.4 Å². The predicted octanol–water partition coefficient (Wildman–Crippen LogP) is 4.29. The van der Waals surface area contributed by atoms with Crippen molar-refractivity contribution in [3.8, 4) is 17.2 Å². The number of hydrogen-bond donors (Lipinski definition) is 2. The second-order valence-electron chi connectivity index (χ2n) is 26.2. The summed E-state index contributed by atoms with van der Waals surface area (Å²) < 4.78 is 126. The van der Waals surface area contributed by atoms with Crippen LogP contribution in [-0.2, 0) is 102 Å². The third kappa shape index (κ3) is 21.2. The van der Waals surface area contributed by atoms with E-state index < -0.39 is 92.7 Å². The number of carbonyl (C=O) groups excluding carboxylic acids is 6. The van der Waals surface area contributed by atoms with Crippen molar-refractivity contribution in [3.63, 3.8) is 0 Å². The number of nitrogens with zero attached hydrogens (tertiary/aromatic N) is 8. The van der Waals surface area contributed by atoms with Gasteiger partial charge in [-0.3, -0.25) is 48.5 Å². The Morgan fingerprint density at radius 3 is 1.16 bits per heavy atom. The number of ketones is 3. The zero-order valence-corrected chi connectivity index (χ0v) is 67.0. The monoisotopic (exact) mass is 1830 g/mol. The molecular formula is C76H82ClF3IN9O18PdS3-2. The summed E-state index contributed by atoms with van der Waals surface area (Å²) in [6.07, 6.45) is 6.26. The third-order valence-corrected chi connectivity index (χ3v) is 21.3. The van der Waals surface area contributed by atoms with E-state index in [0.29, 0.717) is 31.6 Å². The van der Waals surface area contributed by atoms with E-state index in [1.807, 2.05) is 60.7 Å². The van der Waals surface area contributed by atoms with Gasteiger partial charge in [0.05, 0.1) is 55.1 Å². The average Bonchev–Trinajstić information content (AvgIpc) is 1.71. The number of sulfonamides is 2. The number of aromatic nitrogens is 3. The summed E-state index contributed by atoms with van der Waals surface area (Å²) in [6.45, 7) is 2.34. The molecule has 8 aromatic rings. The number of ether oxygens (including phenoxy) is 2. The molecule has 2 N–H and O–H groups in total. The van der Waals surface area contributed by atoms with Gasteiger partial charge in [-0.2, -0.15) is 8.61 Å². The molecule has 3 unspecified atom stereocenters. The molecule has 0 bridgehead atoms. The van der Waals surface area contributed by atoms with Gasteiger partial charge in [-0.1, -0.05) is 104 Å². The number of benzene rings is 5. The SMILES string of the molecule is C.CS(=O)(=O)Cl.CS(=O)(=O)N1CCN2C(=O)c3c(O)c(=O)c(C(=O)CCc4ccc(F)cc4)cn3CC21.CS(=O)(=O)N1CCN2C(=O)c3c(OCc4ccccc4)c(=O)c(C(=O)CCc4ccc(F)cc4)cn3CC21.O=C(CCc1ccc(F)cc1)c1cn2c(c(OCc3ccccc3)c1=O)C(=O)N1CCNC1C2.[CH3-].[HH].[I-].[Pd]. The fourth-order valence-corrected chi connectivity index (χ4v) is 15.5. The molecule has 6 aliphatic rings. The van der Waals surface area contributed by atoms with E-state index in [4.69, 9.17) is 9.47 Å². The van der Waals surface area contributed by atoms with Gasteiger partial charge in [-0.05, 0) is 83.5 Å². The zero-order chi connectivity index (χ0) is 77.7. The minimum absolute atomic E-state index is 0. The van der Waals surface area contributed by atoms with Crippen LogP contribution in [0.3, 0.4) is 0 Å². The molecule has 0 radical (unpaired) electrons. The summed E-state index contributed by atoms with van der Waals surface area (Å²) in [6, 6.07) is 35.7. The summed E-state index contributed by atoms with van der Waals surface area (Å²) in [5.41, 5.74) is 1.11. The van der Waals surface area contributed by atoms with Crippen molar-refractivity contribution >= 4 is 74.9 Å². The number of aryl methyl sites for hydroxylation is 3. The largest absolute Gasteiger partial charge is 1.00 e. The van der Waals surface area contributed by atoms with E-state index in [1.54, 1.807) is 33.7 Å².